The summed E-state index contributed by atoms with van der Waals surface area (Å²) in [6.45, 7) is 0.611. The van der Waals surface area contributed by atoms with Crippen molar-refractivity contribution in [3.8, 4) is 11.8 Å². The molecule has 96 valence electrons. The van der Waals surface area contributed by atoms with Gasteiger partial charge < -0.3 is 10.5 Å². The van der Waals surface area contributed by atoms with E-state index in [1.54, 1.807) is 30.5 Å². The van der Waals surface area contributed by atoms with E-state index < -0.39 is 0 Å². The van der Waals surface area contributed by atoms with Crippen LogP contribution in [0.1, 0.15) is 16.8 Å². The first-order chi connectivity index (χ1) is 9.24. The van der Waals surface area contributed by atoms with Crippen LogP contribution in [0.25, 0.3) is 0 Å². The Morgan fingerprint density at radius 2 is 2.16 bits per heavy atom. The molecule has 2 rings (SSSR count). The number of nitrogens with two attached hydrogens (primary N) is 1. The van der Waals surface area contributed by atoms with Crippen LogP contribution in [0, 0.1) is 11.3 Å². The van der Waals surface area contributed by atoms with Crippen LogP contribution in [0.4, 0.5) is 0 Å². The largest absolute Gasteiger partial charge is 0.488 e. The highest BCUT2D eigenvalue weighted by Crippen LogP contribution is 2.23. The van der Waals surface area contributed by atoms with Crippen LogP contribution in [0.5, 0.6) is 5.75 Å². The lowest BCUT2D eigenvalue weighted by atomic mass is 10.2. The first-order valence-electron chi connectivity index (χ1n) is 5.70. The quantitative estimate of drug-likeness (QED) is 0.929. The monoisotopic (exact) mass is 273 g/mol. The van der Waals surface area contributed by atoms with Crippen molar-refractivity contribution in [1.29, 1.82) is 5.26 Å². The molecule has 0 fully saturated rings. The molecule has 0 spiro atoms. The van der Waals surface area contributed by atoms with E-state index in [1.807, 2.05) is 12.1 Å². The van der Waals surface area contributed by atoms with E-state index in [9.17, 15) is 0 Å². The fourth-order valence-electron chi connectivity index (χ4n) is 1.66. The molecular weight excluding hydrogens is 262 g/mol. The molecule has 0 amide bonds. The molecule has 4 nitrogen and oxygen atoms in total. The third-order valence-electron chi connectivity index (χ3n) is 2.62. The second kappa shape index (κ2) is 6.19. The van der Waals surface area contributed by atoms with Gasteiger partial charge in [-0.3, -0.25) is 0 Å². The molecule has 0 aliphatic heterocycles. The van der Waals surface area contributed by atoms with Gasteiger partial charge in [0.25, 0.3) is 0 Å². The van der Waals surface area contributed by atoms with Crippen LogP contribution in [0.15, 0.2) is 36.5 Å². The first kappa shape index (κ1) is 13.3. The zero-order chi connectivity index (χ0) is 13.7. The molecule has 5 heteroatoms. The van der Waals surface area contributed by atoms with Gasteiger partial charge >= 0.3 is 0 Å². The van der Waals surface area contributed by atoms with Crippen molar-refractivity contribution in [3.63, 3.8) is 0 Å². The maximum atomic E-state index is 8.95. The van der Waals surface area contributed by atoms with Gasteiger partial charge in [-0.2, -0.15) is 5.26 Å². The second-order valence-electron chi connectivity index (χ2n) is 3.87. The second-order valence-corrected chi connectivity index (χ2v) is 4.30. The van der Waals surface area contributed by atoms with Gasteiger partial charge in [0.2, 0.25) is 0 Å². The Labute approximate surface area is 116 Å². The van der Waals surface area contributed by atoms with E-state index in [2.05, 4.69) is 4.98 Å². The summed E-state index contributed by atoms with van der Waals surface area (Å²) in [5, 5.41) is 9.56. The van der Waals surface area contributed by atoms with E-state index in [4.69, 9.17) is 27.3 Å². The molecule has 1 aromatic carbocycles. The Balaban J connectivity index is 2.17. The third kappa shape index (κ3) is 3.22. The van der Waals surface area contributed by atoms with Crippen LogP contribution in [0.2, 0.25) is 5.02 Å². The minimum atomic E-state index is 0.269. The Hall–Kier alpha value is -2.09. The van der Waals surface area contributed by atoms with Crippen LogP contribution in [-0.4, -0.2) is 4.98 Å². The van der Waals surface area contributed by atoms with Crippen molar-refractivity contribution in [2.45, 2.75) is 13.2 Å². The number of aromatic nitrogens is 1. The SMILES string of the molecule is N#Cc1ncccc1COc1ccc(Cl)cc1CN. The average Bonchev–Trinajstić information content (AvgIpc) is 2.46. The molecule has 2 aromatic rings. The Kier molecular flexibility index (Phi) is 4.35. The fourth-order valence-corrected chi connectivity index (χ4v) is 1.85. The van der Waals surface area contributed by atoms with Crippen molar-refractivity contribution in [2.75, 3.05) is 0 Å². The minimum absolute atomic E-state index is 0.269. The molecule has 19 heavy (non-hydrogen) atoms. The number of pyridine rings is 1. The molecule has 1 aromatic heterocycles. The number of ether oxygens (including phenoxy) is 1. The first-order valence-corrected chi connectivity index (χ1v) is 6.07. The summed E-state index contributed by atoms with van der Waals surface area (Å²) in [7, 11) is 0. The van der Waals surface area contributed by atoms with Gasteiger partial charge in [0.05, 0.1) is 0 Å². The highest BCUT2D eigenvalue weighted by molar-refractivity contribution is 6.30. The summed E-state index contributed by atoms with van der Waals surface area (Å²) < 4.78 is 5.68. The zero-order valence-electron chi connectivity index (χ0n) is 10.1. The summed E-state index contributed by atoms with van der Waals surface area (Å²) in [6, 6.07) is 10.9. The maximum absolute atomic E-state index is 8.95. The van der Waals surface area contributed by atoms with Crippen molar-refractivity contribution in [1.82, 2.24) is 4.98 Å². The van der Waals surface area contributed by atoms with Crippen LogP contribution >= 0.6 is 11.6 Å². The number of halogens is 1. The molecule has 0 atom stereocenters. The number of nitriles is 1. The molecule has 0 saturated carbocycles. The van der Waals surface area contributed by atoms with E-state index in [0.717, 1.165) is 11.1 Å². The Bertz CT molecular complexity index is 622. The number of rotatable bonds is 4. The van der Waals surface area contributed by atoms with Crippen molar-refractivity contribution in [2.24, 2.45) is 5.73 Å². The van der Waals surface area contributed by atoms with E-state index in [0.29, 0.717) is 23.0 Å². The molecule has 1 heterocycles. The number of nitrogens with zero attached hydrogens (tertiary/aromatic N) is 2. The highest BCUT2D eigenvalue weighted by Gasteiger charge is 2.06. The maximum Gasteiger partial charge on any atom is 0.147 e. The highest BCUT2D eigenvalue weighted by atomic mass is 35.5. The van der Waals surface area contributed by atoms with Crippen LogP contribution < -0.4 is 10.5 Å². The van der Waals surface area contributed by atoms with E-state index >= 15 is 0 Å². The molecular formula is C14H12ClN3O. The van der Waals surface area contributed by atoms with E-state index in [-0.39, 0.29) is 6.61 Å². The number of hydrogen-bond acceptors (Lipinski definition) is 4. The summed E-state index contributed by atoms with van der Waals surface area (Å²) in [5.74, 6) is 0.666. The molecule has 0 bridgehead atoms. The lowest BCUT2D eigenvalue weighted by molar-refractivity contribution is 0.302. The average molecular weight is 274 g/mol. The molecule has 2 N–H and O–H groups in total. The molecule has 0 radical (unpaired) electrons. The third-order valence-corrected chi connectivity index (χ3v) is 2.86. The predicted octanol–water partition coefficient (Wildman–Crippen LogP) is 2.64. The van der Waals surface area contributed by atoms with Gasteiger partial charge in [0, 0.05) is 28.9 Å². The fraction of sp³-hybridized carbons (Fsp3) is 0.143. The predicted molar refractivity (Wildman–Crippen MR) is 72.6 cm³/mol. The van der Waals surface area contributed by atoms with Crippen LogP contribution in [0.3, 0.4) is 0 Å². The minimum Gasteiger partial charge on any atom is -0.488 e. The summed E-state index contributed by atoms with van der Waals surface area (Å²) in [6.07, 6.45) is 1.58. The van der Waals surface area contributed by atoms with Crippen molar-refractivity contribution < 1.29 is 4.74 Å². The van der Waals surface area contributed by atoms with Gasteiger partial charge in [0.1, 0.15) is 24.1 Å². The molecule has 0 saturated heterocycles. The smallest absolute Gasteiger partial charge is 0.147 e. The van der Waals surface area contributed by atoms with Crippen molar-refractivity contribution >= 4 is 11.6 Å². The van der Waals surface area contributed by atoms with Crippen LogP contribution in [-0.2, 0) is 13.2 Å². The molecule has 0 aliphatic rings. The summed E-state index contributed by atoms with van der Waals surface area (Å²) in [4.78, 5) is 3.98. The van der Waals surface area contributed by atoms with Crippen molar-refractivity contribution in [3.05, 3.63) is 58.4 Å². The molecule has 0 unspecified atom stereocenters. The van der Waals surface area contributed by atoms with Gasteiger partial charge in [0.15, 0.2) is 0 Å². The number of benzene rings is 1. The van der Waals surface area contributed by atoms with E-state index in [1.165, 1.54) is 0 Å². The Morgan fingerprint density at radius 1 is 1.32 bits per heavy atom. The topological polar surface area (TPSA) is 71.9 Å². The van der Waals surface area contributed by atoms with Gasteiger partial charge in [-0.25, -0.2) is 4.98 Å². The lowest BCUT2D eigenvalue weighted by Crippen LogP contribution is -2.04. The number of hydrogen-bond donors (Lipinski definition) is 1. The van der Waals surface area contributed by atoms with Gasteiger partial charge in [-0.15, -0.1) is 0 Å². The zero-order valence-corrected chi connectivity index (χ0v) is 10.9. The standard InChI is InChI=1S/C14H12ClN3O/c15-12-3-4-14(11(6-12)7-16)19-9-10-2-1-5-18-13(10)8-17/h1-6H,7,9,16H2. The Morgan fingerprint density at radius 3 is 2.89 bits per heavy atom. The summed E-state index contributed by atoms with van der Waals surface area (Å²) >= 11 is 5.90. The molecule has 0 aliphatic carbocycles. The normalized spacial score (nSPS) is 9.95. The lowest BCUT2D eigenvalue weighted by Gasteiger charge is -2.11. The van der Waals surface area contributed by atoms with Gasteiger partial charge in [-0.05, 0) is 24.3 Å². The summed E-state index contributed by atoms with van der Waals surface area (Å²) in [5.41, 5.74) is 7.58. The van der Waals surface area contributed by atoms with Gasteiger partial charge in [-0.1, -0.05) is 17.7 Å².